The highest BCUT2D eigenvalue weighted by molar-refractivity contribution is 5.41. The fourth-order valence-corrected chi connectivity index (χ4v) is 2.00. The second-order valence-electron chi connectivity index (χ2n) is 4.32. The zero-order valence-corrected chi connectivity index (χ0v) is 10.7. The molecule has 100 valence electrons. The second-order valence-corrected chi connectivity index (χ2v) is 4.32. The molecule has 5 nitrogen and oxygen atoms in total. The van der Waals surface area contributed by atoms with Crippen LogP contribution < -0.4 is 5.32 Å². The Labute approximate surface area is 111 Å². The summed E-state index contributed by atoms with van der Waals surface area (Å²) in [6, 6.07) is 10.5. The van der Waals surface area contributed by atoms with Crippen molar-refractivity contribution in [3.8, 4) is 0 Å². The second kappa shape index (κ2) is 6.15. The van der Waals surface area contributed by atoms with Gasteiger partial charge < -0.3 is 9.73 Å². The van der Waals surface area contributed by atoms with Crippen molar-refractivity contribution in [1.82, 2.24) is 5.32 Å². The van der Waals surface area contributed by atoms with Crippen LogP contribution in [0.3, 0.4) is 0 Å². The summed E-state index contributed by atoms with van der Waals surface area (Å²) in [5.41, 5.74) is 0.854. The van der Waals surface area contributed by atoms with Gasteiger partial charge in [0, 0.05) is 30.6 Å². The zero-order chi connectivity index (χ0) is 13.7. The summed E-state index contributed by atoms with van der Waals surface area (Å²) < 4.78 is 5.23. The van der Waals surface area contributed by atoms with E-state index in [1.165, 1.54) is 6.07 Å². The predicted octanol–water partition coefficient (Wildman–Crippen LogP) is 3.08. The molecule has 0 aliphatic rings. The molecule has 2 rings (SSSR count). The quantitative estimate of drug-likeness (QED) is 0.640. The molecule has 0 aliphatic carbocycles. The third-order valence-electron chi connectivity index (χ3n) is 3.00. The number of nitro groups is 1. The van der Waals surface area contributed by atoms with Gasteiger partial charge in [-0.1, -0.05) is 18.2 Å². The van der Waals surface area contributed by atoms with Gasteiger partial charge in [-0.2, -0.15) is 0 Å². The van der Waals surface area contributed by atoms with Crippen molar-refractivity contribution in [2.75, 3.05) is 6.54 Å². The molecule has 1 aromatic heterocycles. The van der Waals surface area contributed by atoms with E-state index in [-0.39, 0.29) is 16.7 Å². The summed E-state index contributed by atoms with van der Waals surface area (Å²) >= 11 is 0. The minimum atomic E-state index is -0.347. The van der Waals surface area contributed by atoms with E-state index in [1.807, 2.05) is 25.1 Å². The molecule has 0 radical (unpaired) electrons. The first-order valence-electron chi connectivity index (χ1n) is 6.17. The third kappa shape index (κ3) is 3.42. The molecule has 1 N–H and O–H groups in total. The molecule has 0 amide bonds. The molecule has 0 fully saturated rings. The molecule has 2 aromatic rings. The third-order valence-corrected chi connectivity index (χ3v) is 3.00. The van der Waals surface area contributed by atoms with Gasteiger partial charge in [0.05, 0.1) is 11.2 Å². The Morgan fingerprint density at radius 2 is 2.11 bits per heavy atom. The number of hydrogen-bond acceptors (Lipinski definition) is 4. The van der Waals surface area contributed by atoms with Gasteiger partial charge in [-0.05, 0) is 19.1 Å². The molecule has 0 saturated heterocycles. The van der Waals surface area contributed by atoms with E-state index in [2.05, 4.69) is 5.32 Å². The van der Waals surface area contributed by atoms with Gasteiger partial charge in [0.25, 0.3) is 5.69 Å². The SMILES string of the molecule is CC(NCCc1ccco1)c1ccccc1[N+](=O)[O-]. The van der Waals surface area contributed by atoms with E-state index in [0.717, 1.165) is 12.2 Å². The van der Waals surface area contributed by atoms with E-state index < -0.39 is 0 Å². The molecule has 1 aromatic carbocycles. The van der Waals surface area contributed by atoms with Crippen molar-refractivity contribution in [2.24, 2.45) is 0 Å². The van der Waals surface area contributed by atoms with Crippen LogP contribution in [0.1, 0.15) is 24.3 Å². The maximum Gasteiger partial charge on any atom is 0.274 e. The summed E-state index contributed by atoms with van der Waals surface area (Å²) in [5.74, 6) is 0.905. The van der Waals surface area contributed by atoms with E-state index in [1.54, 1.807) is 18.4 Å². The smallest absolute Gasteiger partial charge is 0.274 e. The highest BCUT2D eigenvalue weighted by Gasteiger charge is 2.17. The van der Waals surface area contributed by atoms with Crippen molar-refractivity contribution in [3.05, 3.63) is 64.1 Å². The normalized spacial score (nSPS) is 12.3. The lowest BCUT2D eigenvalue weighted by Gasteiger charge is -2.13. The molecule has 5 heteroatoms. The summed E-state index contributed by atoms with van der Waals surface area (Å²) in [4.78, 5) is 10.6. The lowest BCUT2D eigenvalue weighted by Crippen LogP contribution is -2.22. The molecule has 1 atom stereocenters. The van der Waals surface area contributed by atoms with Gasteiger partial charge in [-0.25, -0.2) is 0 Å². The Hall–Kier alpha value is -2.14. The molecule has 0 spiro atoms. The van der Waals surface area contributed by atoms with Crippen LogP contribution in [0.5, 0.6) is 0 Å². The fraction of sp³-hybridized carbons (Fsp3) is 0.286. The first kappa shape index (κ1) is 13.3. The Kier molecular flexibility index (Phi) is 4.30. The molecule has 1 unspecified atom stereocenters. The largest absolute Gasteiger partial charge is 0.469 e. The standard InChI is InChI=1S/C14H16N2O3/c1-11(15-9-8-12-5-4-10-19-12)13-6-2-3-7-14(13)16(17)18/h2-7,10-11,15H,8-9H2,1H3. The number of para-hydroxylation sites is 1. The van der Waals surface area contributed by atoms with E-state index in [9.17, 15) is 10.1 Å². The van der Waals surface area contributed by atoms with Gasteiger partial charge in [0.2, 0.25) is 0 Å². The van der Waals surface area contributed by atoms with Crippen LogP contribution in [-0.4, -0.2) is 11.5 Å². The zero-order valence-electron chi connectivity index (χ0n) is 10.7. The highest BCUT2D eigenvalue weighted by Crippen LogP contribution is 2.24. The van der Waals surface area contributed by atoms with Gasteiger partial charge >= 0.3 is 0 Å². The van der Waals surface area contributed by atoms with E-state index in [4.69, 9.17) is 4.42 Å². The van der Waals surface area contributed by atoms with Crippen LogP contribution in [0.15, 0.2) is 47.1 Å². The predicted molar refractivity (Wildman–Crippen MR) is 71.9 cm³/mol. The number of nitrogens with one attached hydrogen (secondary N) is 1. The first-order chi connectivity index (χ1) is 9.18. The molecule has 0 bridgehead atoms. The van der Waals surface area contributed by atoms with Crippen LogP contribution >= 0.6 is 0 Å². The van der Waals surface area contributed by atoms with Gasteiger partial charge in [-0.15, -0.1) is 0 Å². The summed E-state index contributed by atoms with van der Waals surface area (Å²) in [7, 11) is 0. The number of nitro benzene ring substituents is 1. The van der Waals surface area contributed by atoms with E-state index >= 15 is 0 Å². The Morgan fingerprint density at radius 3 is 2.79 bits per heavy atom. The minimum absolute atomic E-state index is 0.0726. The molecule has 19 heavy (non-hydrogen) atoms. The molecular formula is C14H16N2O3. The van der Waals surface area contributed by atoms with Crippen molar-refractivity contribution in [1.29, 1.82) is 0 Å². The molecule has 1 heterocycles. The summed E-state index contributed by atoms with van der Waals surface area (Å²) in [6.45, 7) is 2.63. The van der Waals surface area contributed by atoms with Crippen molar-refractivity contribution < 1.29 is 9.34 Å². The maximum absolute atomic E-state index is 10.9. The first-order valence-corrected chi connectivity index (χ1v) is 6.17. The minimum Gasteiger partial charge on any atom is -0.469 e. The monoisotopic (exact) mass is 260 g/mol. The number of hydrogen-bond donors (Lipinski definition) is 1. The van der Waals surface area contributed by atoms with Crippen LogP contribution in [-0.2, 0) is 6.42 Å². The van der Waals surface area contributed by atoms with Crippen LogP contribution in [0.25, 0.3) is 0 Å². The van der Waals surface area contributed by atoms with Crippen molar-refractivity contribution in [3.63, 3.8) is 0 Å². The van der Waals surface area contributed by atoms with Crippen molar-refractivity contribution in [2.45, 2.75) is 19.4 Å². The van der Waals surface area contributed by atoms with Crippen LogP contribution in [0.4, 0.5) is 5.69 Å². The Morgan fingerprint density at radius 1 is 1.32 bits per heavy atom. The van der Waals surface area contributed by atoms with Gasteiger partial charge in [0.1, 0.15) is 5.76 Å². The molecular weight excluding hydrogens is 244 g/mol. The number of rotatable bonds is 6. The van der Waals surface area contributed by atoms with E-state index in [0.29, 0.717) is 12.1 Å². The van der Waals surface area contributed by atoms with Crippen molar-refractivity contribution >= 4 is 5.69 Å². The maximum atomic E-state index is 10.9. The topological polar surface area (TPSA) is 68.3 Å². The Bertz CT molecular complexity index is 537. The fourth-order valence-electron chi connectivity index (χ4n) is 2.00. The average Bonchev–Trinajstić information content (AvgIpc) is 2.91. The summed E-state index contributed by atoms with van der Waals surface area (Å²) in [6.07, 6.45) is 2.40. The number of benzene rings is 1. The molecule has 0 aliphatic heterocycles. The van der Waals surface area contributed by atoms with Crippen LogP contribution in [0.2, 0.25) is 0 Å². The van der Waals surface area contributed by atoms with Crippen LogP contribution in [0, 0.1) is 10.1 Å². The highest BCUT2D eigenvalue weighted by atomic mass is 16.6. The lowest BCUT2D eigenvalue weighted by atomic mass is 10.1. The number of nitrogens with zero attached hydrogens (tertiary/aromatic N) is 1. The van der Waals surface area contributed by atoms with Gasteiger partial charge in [0.15, 0.2) is 0 Å². The lowest BCUT2D eigenvalue weighted by molar-refractivity contribution is -0.385. The summed E-state index contributed by atoms with van der Waals surface area (Å²) in [5, 5.41) is 14.2. The Balaban J connectivity index is 1.96. The average molecular weight is 260 g/mol. The van der Waals surface area contributed by atoms with Gasteiger partial charge in [-0.3, -0.25) is 10.1 Å². The number of furan rings is 1. The molecule has 0 saturated carbocycles.